The van der Waals surface area contributed by atoms with Gasteiger partial charge >= 0.3 is 0 Å². The zero-order valence-corrected chi connectivity index (χ0v) is 10.7. The maximum absolute atomic E-state index is 13.8. The van der Waals surface area contributed by atoms with E-state index in [1.165, 1.54) is 6.07 Å². The molecule has 0 aromatic heterocycles. The second-order valence-electron chi connectivity index (χ2n) is 4.54. The Morgan fingerprint density at radius 3 is 3.00 bits per heavy atom. The summed E-state index contributed by atoms with van der Waals surface area (Å²) in [4.78, 5) is 0. The van der Waals surface area contributed by atoms with Gasteiger partial charge in [-0.3, -0.25) is 0 Å². The molecule has 2 nitrogen and oxygen atoms in total. The van der Waals surface area contributed by atoms with Gasteiger partial charge in [0.25, 0.3) is 0 Å². The van der Waals surface area contributed by atoms with Gasteiger partial charge in [-0.2, -0.15) is 0 Å². The van der Waals surface area contributed by atoms with E-state index in [1.54, 1.807) is 12.1 Å². The Labute approximate surface area is 107 Å². The molecule has 2 rings (SSSR count). The minimum absolute atomic E-state index is 0.0292. The monoisotopic (exact) mass is 256 g/mol. The zero-order chi connectivity index (χ0) is 12.3. The van der Waals surface area contributed by atoms with Gasteiger partial charge in [0.2, 0.25) is 0 Å². The van der Waals surface area contributed by atoms with Crippen LogP contribution < -0.4 is 10.6 Å². The zero-order valence-electron chi connectivity index (χ0n) is 9.97. The van der Waals surface area contributed by atoms with Crippen LogP contribution in [0.1, 0.15) is 24.4 Å². The van der Waals surface area contributed by atoms with Crippen LogP contribution in [0.15, 0.2) is 18.2 Å². The van der Waals surface area contributed by atoms with Crippen LogP contribution in [-0.2, 0) is 0 Å². The molecular weight excluding hydrogens is 239 g/mol. The fraction of sp³-hybridized carbons (Fsp3) is 0.538. The summed E-state index contributed by atoms with van der Waals surface area (Å²) in [5.41, 5.74) is 0.675. The molecule has 0 bridgehead atoms. The highest BCUT2D eigenvalue weighted by Crippen LogP contribution is 2.30. The summed E-state index contributed by atoms with van der Waals surface area (Å²) in [6.07, 6.45) is 2.26. The maximum Gasteiger partial charge on any atom is 0.128 e. The Morgan fingerprint density at radius 2 is 2.35 bits per heavy atom. The van der Waals surface area contributed by atoms with E-state index in [2.05, 4.69) is 10.6 Å². The summed E-state index contributed by atoms with van der Waals surface area (Å²) in [6, 6.07) is 4.79. The fourth-order valence-corrected chi connectivity index (χ4v) is 2.74. The second-order valence-corrected chi connectivity index (χ2v) is 4.98. The molecule has 2 atom stereocenters. The quantitative estimate of drug-likeness (QED) is 0.869. The molecule has 1 aliphatic heterocycles. The molecule has 1 fully saturated rings. The summed E-state index contributed by atoms with van der Waals surface area (Å²) in [5, 5.41) is 7.16. The van der Waals surface area contributed by atoms with Gasteiger partial charge < -0.3 is 10.6 Å². The van der Waals surface area contributed by atoms with E-state index in [4.69, 9.17) is 11.6 Å². The Morgan fingerprint density at radius 1 is 1.53 bits per heavy atom. The summed E-state index contributed by atoms with van der Waals surface area (Å²) < 4.78 is 13.8. The van der Waals surface area contributed by atoms with Crippen LogP contribution in [0.3, 0.4) is 0 Å². The van der Waals surface area contributed by atoms with Gasteiger partial charge in [0.1, 0.15) is 5.82 Å². The van der Waals surface area contributed by atoms with Crippen molar-refractivity contribution in [2.24, 2.45) is 5.92 Å². The van der Waals surface area contributed by atoms with E-state index >= 15 is 0 Å². The number of benzene rings is 1. The van der Waals surface area contributed by atoms with Gasteiger partial charge in [-0.1, -0.05) is 11.6 Å². The first-order valence-corrected chi connectivity index (χ1v) is 6.43. The van der Waals surface area contributed by atoms with Crippen LogP contribution in [0, 0.1) is 11.7 Å². The van der Waals surface area contributed by atoms with Crippen molar-refractivity contribution in [1.29, 1.82) is 0 Å². The van der Waals surface area contributed by atoms with Gasteiger partial charge in [-0.05, 0) is 57.1 Å². The molecule has 0 amide bonds. The van der Waals surface area contributed by atoms with Crippen molar-refractivity contribution in [1.82, 2.24) is 10.6 Å². The molecule has 2 N–H and O–H groups in total. The smallest absolute Gasteiger partial charge is 0.128 e. The molecule has 4 heteroatoms. The van der Waals surface area contributed by atoms with Crippen LogP contribution in [0.5, 0.6) is 0 Å². The van der Waals surface area contributed by atoms with Gasteiger partial charge in [0.05, 0.1) is 0 Å². The second kappa shape index (κ2) is 5.80. The number of halogens is 2. The summed E-state index contributed by atoms with van der Waals surface area (Å²) in [7, 11) is 1.87. The number of rotatable bonds is 3. The minimum Gasteiger partial charge on any atom is -0.316 e. The van der Waals surface area contributed by atoms with Crippen LogP contribution >= 0.6 is 11.6 Å². The fourth-order valence-electron chi connectivity index (χ4n) is 2.56. The molecule has 1 saturated heterocycles. The van der Waals surface area contributed by atoms with Crippen LogP contribution in [0.25, 0.3) is 0 Å². The molecule has 94 valence electrons. The Balaban J connectivity index is 2.24. The maximum atomic E-state index is 13.8. The third-order valence-electron chi connectivity index (χ3n) is 3.41. The lowest BCUT2D eigenvalue weighted by atomic mass is 9.87. The first-order chi connectivity index (χ1) is 8.22. The standard InChI is InChI=1S/C13H18ClFN2/c1-16-13(9-3-2-6-17-8-9)11-7-10(14)4-5-12(11)15/h4-5,7,9,13,16-17H,2-3,6,8H2,1H3. The SMILES string of the molecule is CNC(c1cc(Cl)ccc1F)C1CCCNC1. The van der Waals surface area contributed by atoms with Crippen molar-refractivity contribution in [3.63, 3.8) is 0 Å². The average Bonchev–Trinajstić information content (AvgIpc) is 2.36. The predicted molar refractivity (Wildman–Crippen MR) is 68.8 cm³/mol. The van der Waals surface area contributed by atoms with Crippen molar-refractivity contribution in [2.45, 2.75) is 18.9 Å². The van der Waals surface area contributed by atoms with Crippen molar-refractivity contribution in [3.05, 3.63) is 34.6 Å². The molecule has 0 aliphatic carbocycles. The van der Waals surface area contributed by atoms with Crippen molar-refractivity contribution >= 4 is 11.6 Å². The first kappa shape index (κ1) is 12.8. The number of piperidine rings is 1. The van der Waals surface area contributed by atoms with E-state index in [9.17, 15) is 4.39 Å². The molecule has 0 radical (unpaired) electrons. The third kappa shape index (κ3) is 2.97. The molecule has 17 heavy (non-hydrogen) atoms. The van der Waals surface area contributed by atoms with Crippen molar-refractivity contribution in [3.8, 4) is 0 Å². The van der Waals surface area contributed by atoms with Crippen LogP contribution in [-0.4, -0.2) is 20.1 Å². The molecule has 1 heterocycles. The largest absolute Gasteiger partial charge is 0.316 e. The highest BCUT2D eigenvalue weighted by atomic mass is 35.5. The number of hydrogen-bond acceptors (Lipinski definition) is 2. The Kier molecular flexibility index (Phi) is 4.37. The van der Waals surface area contributed by atoms with E-state index in [1.807, 2.05) is 7.05 Å². The lowest BCUT2D eigenvalue weighted by Crippen LogP contribution is -2.37. The molecule has 2 unspecified atom stereocenters. The van der Waals surface area contributed by atoms with Gasteiger partial charge in [0.15, 0.2) is 0 Å². The van der Waals surface area contributed by atoms with E-state index in [0.717, 1.165) is 25.9 Å². The summed E-state index contributed by atoms with van der Waals surface area (Å²) in [6.45, 7) is 1.99. The van der Waals surface area contributed by atoms with E-state index < -0.39 is 0 Å². The molecule has 1 aromatic carbocycles. The van der Waals surface area contributed by atoms with Crippen LogP contribution in [0.4, 0.5) is 4.39 Å². The van der Waals surface area contributed by atoms with Crippen molar-refractivity contribution in [2.75, 3.05) is 20.1 Å². The van der Waals surface area contributed by atoms with E-state index in [0.29, 0.717) is 16.5 Å². The van der Waals surface area contributed by atoms with E-state index in [-0.39, 0.29) is 11.9 Å². The molecular formula is C13H18ClFN2. The lowest BCUT2D eigenvalue weighted by Gasteiger charge is -2.31. The number of hydrogen-bond donors (Lipinski definition) is 2. The first-order valence-electron chi connectivity index (χ1n) is 6.05. The van der Waals surface area contributed by atoms with Gasteiger partial charge in [-0.15, -0.1) is 0 Å². The minimum atomic E-state index is -0.181. The van der Waals surface area contributed by atoms with Gasteiger partial charge in [0, 0.05) is 16.6 Å². The topological polar surface area (TPSA) is 24.1 Å². The molecule has 1 aromatic rings. The molecule has 1 aliphatic rings. The van der Waals surface area contributed by atoms with Crippen molar-refractivity contribution < 1.29 is 4.39 Å². The lowest BCUT2D eigenvalue weighted by molar-refractivity contribution is 0.293. The highest BCUT2D eigenvalue weighted by molar-refractivity contribution is 6.30. The summed E-state index contributed by atoms with van der Waals surface area (Å²) in [5.74, 6) is 0.237. The third-order valence-corrected chi connectivity index (χ3v) is 3.65. The average molecular weight is 257 g/mol. The Hall–Kier alpha value is -0.640. The van der Waals surface area contributed by atoms with Gasteiger partial charge in [-0.25, -0.2) is 4.39 Å². The number of nitrogens with one attached hydrogen (secondary N) is 2. The highest BCUT2D eigenvalue weighted by Gasteiger charge is 2.25. The normalized spacial score (nSPS) is 22.4. The predicted octanol–water partition coefficient (Wildman–Crippen LogP) is 2.74. The molecule has 0 spiro atoms. The summed E-state index contributed by atoms with van der Waals surface area (Å²) >= 11 is 5.95. The van der Waals surface area contributed by atoms with Crippen LogP contribution in [0.2, 0.25) is 5.02 Å². The Bertz CT molecular complexity index is 378. The molecule has 0 saturated carbocycles.